The molecule has 328 valence electrons. The van der Waals surface area contributed by atoms with E-state index in [2.05, 4.69) is 241 Å². The van der Waals surface area contributed by atoms with Crippen molar-refractivity contribution in [3.05, 3.63) is 283 Å². The zero-order valence-corrected chi connectivity index (χ0v) is 38.1. The lowest BCUT2D eigenvalue weighted by molar-refractivity contribution is 0.669. The first kappa shape index (κ1) is 39.9. The maximum atomic E-state index is 6.49. The normalized spacial score (nSPS) is 12.7. The molecular weight excluding hydrogens is 851 g/mol. The number of nitrogens with zero attached hydrogens (tertiary/aromatic N) is 1. The Morgan fingerprint density at radius 2 is 0.843 bits per heavy atom. The SMILES string of the molecule is c1ccc(C2(c3ccccc3)c3ccccc3-c3c(N(c4ccc(-c5cccc(-c6cccc7c6oc6ccccc67)c5)cc4)c4cccc(-c5ccc6oc7ccccc7c6c5)c4)cccc32)cc1. The van der Waals surface area contributed by atoms with Crippen molar-refractivity contribution in [1.82, 2.24) is 0 Å². The van der Waals surface area contributed by atoms with Crippen LogP contribution in [-0.2, 0) is 5.41 Å². The highest BCUT2D eigenvalue weighted by molar-refractivity contribution is 6.10. The summed E-state index contributed by atoms with van der Waals surface area (Å²) in [5.41, 5.74) is 20.5. The highest BCUT2D eigenvalue weighted by atomic mass is 16.3. The number of fused-ring (bicyclic) bond motifs is 9. The third-order valence-corrected chi connectivity index (χ3v) is 14.6. The molecule has 0 amide bonds. The van der Waals surface area contributed by atoms with Crippen LogP contribution in [0.3, 0.4) is 0 Å². The van der Waals surface area contributed by atoms with Gasteiger partial charge in [0.15, 0.2) is 0 Å². The molecule has 1 aliphatic carbocycles. The van der Waals surface area contributed by atoms with Gasteiger partial charge >= 0.3 is 0 Å². The van der Waals surface area contributed by atoms with E-state index in [0.29, 0.717) is 0 Å². The molecule has 0 aliphatic heterocycles. The molecule has 1 aliphatic rings. The van der Waals surface area contributed by atoms with Gasteiger partial charge in [-0.2, -0.15) is 0 Å². The van der Waals surface area contributed by atoms with Crippen molar-refractivity contribution in [3.63, 3.8) is 0 Å². The van der Waals surface area contributed by atoms with E-state index in [1.54, 1.807) is 0 Å². The number of hydrogen-bond donors (Lipinski definition) is 0. The van der Waals surface area contributed by atoms with E-state index < -0.39 is 5.41 Å². The molecule has 0 fully saturated rings. The molecule has 2 heterocycles. The first-order valence-corrected chi connectivity index (χ1v) is 24.0. The highest BCUT2D eigenvalue weighted by Crippen LogP contribution is 2.59. The molecule has 70 heavy (non-hydrogen) atoms. The quantitative estimate of drug-likeness (QED) is 0.152. The Morgan fingerprint density at radius 3 is 1.63 bits per heavy atom. The second-order valence-electron chi connectivity index (χ2n) is 18.3. The zero-order chi connectivity index (χ0) is 46.2. The monoisotopic (exact) mass is 893 g/mol. The van der Waals surface area contributed by atoms with Gasteiger partial charge in [-0.3, -0.25) is 0 Å². The van der Waals surface area contributed by atoms with E-state index in [1.807, 2.05) is 24.3 Å². The summed E-state index contributed by atoms with van der Waals surface area (Å²) in [5, 5.41) is 4.49. The Morgan fingerprint density at radius 1 is 0.300 bits per heavy atom. The molecule has 3 heteroatoms. The first-order valence-electron chi connectivity index (χ1n) is 24.0. The van der Waals surface area contributed by atoms with Gasteiger partial charge in [0.2, 0.25) is 0 Å². The number of furan rings is 2. The Hall–Kier alpha value is -9.18. The lowest BCUT2D eigenvalue weighted by Crippen LogP contribution is -2.28. The van der Waals surface area contributed by atoms with Crippen LogP contribution in [-0.4, -0.2) is 0 Å². The maximum absolute atomic E-state index is 6.49. The van der Waals surface area contributed by atoms with Crippen LogP contribution < -0.4 is 4.90 Å². The van der Waals surface area contributed by atoms with E-state index >= 15 is 0 Å². The van der Waals surface area contributed by atoms with Crippen molar-refractivity contribution in [3.8, 4) is 44.5 Å². The molecule has 0 bridgehead atoms. The fourth-order valence-corrected chi connectivity index (χ4v) is 11.5. The van der Waals surface area contributed by atoms with Crippen LogP contribution in [0.1, 0.15) is 22.3 Å². The van der Waals surface area contributed by atoms with Gasteiger partial charge in [-0.15, -0.1) is 0 Å². The third-order valence-electron chi connectivity index (χ3n) is 14.6. The average Bonchev–Trinajstić information content (AvgIpc) is 4.11. The highest BCUT2D eigenvalue weighted by Gasteiger charge is 2.47. The molecule has 0 N–H and O–H groups in total. The zero-order valence-electron chi connectivity index (χ0n) is 38.1. The first-order chi connectivity index (χ1) is 34.7. The largest absolute Gasteiger partial charge is 0.456 e. The number of anilines is 3. The van der Waals surface area contributed by atoms with Crippen molar-refractivity contribution in [2.24, 2.45) is 0 Å². The molecule has 0 atom stereocenters. The second-order valence-corrected chi connectivity index (χ2v) is 18.3. The van der Waals surface area contributed by atoms with E-state index in [1.165, 1.54) is 33.4 Å². The Balaban J connectivity index is 0.947. The molecule has 14 rings (SSSR count). The van der Waals surface area contributed by atoms with Gasteiger partial charge < -0.3 is 13.7 Å². The molecule has 0 spiro atoms. The van der Waals surface area contributed by atoms with Crippen LogP contribution in [0.15, 0.2) is 270 Å². The van der Waals surface area contributed by atoms with Crippen LogP contribution in [0, 0.1) is 0 Å². The number of benzene rings is 11. The van der Waals surface area contributed by atoms with Crippen LogP contribution in [0.4, 0.5) is 17.1 Å². The van der Waals surface area contributed by atoms with Crippen molar-refractivity contribution in [2.45, 2.75) is 5.41 Å². The topological polar surface area (TPSA) is 29.5 Å². The summed E-state index contributed by atoms with van der Waals surface area (Å²) >= 11 is 0. The fourth-order valence-electron chi connectivity index (χ4n) is 11.5. The summed E-state index contributed by atoms with van der Waals surface area (Å²) < 4.78 is 12.7. The van der Waals surface area contributed by atoms with E-state index in [-0.39, 0.29) is 0 Å². The van der Waals surface area contributed by atoms with Gasteiger partial charge in [0, 0.05) is 44.0 Å². The van der Waals surface area contributed by atoms with Gasteiger partial charge in [0.1, 0.15) is 22.3 Å². The molecule has 3 nitrogen and oxygen atoms in total. The Labute approximate surface area is 405 Å². The second kappa shape index (κ2) is 16.0. The standard InChI is InChI=1S/C67H43NO2/c1-3-20-49(21-4-1)67(50-22-5-2-6-23-50)59-30-10-7-27-57(59)65-60(67)31-16-32-61(65)68(52-24-14-18-46(42-52)47-37-40-64-58(43-47)55-26-9-11-33-62(55)69-64)51-38-35-44(36-39-51)45-17-13-19-48(41-45)53-28-15-29-56-54-25-8-12-34-63(54)70-66(53)56/h1-43H. The summed E-state index contributed by atoms with van der Waals surface area (Å²) in [6.45, 7) is 0. The van der Waals surface area contributed by atoms with E-state index in [0.717, 1.165) is 94.3 Å². The van der Waals surface area contributed by atoms with Gasteiger partial charge in [-0.05, 0) is 116 Å². The smallest absolute Gasteiger partial charge is 0.143 e. The number of rotatable bonds is 8. The van der Waals surface area contributed by atoms with Crippen molar-refractivity contribution in [2.75, 3.05) is 4.90 Å². The van der Waals surface area contributed by atoms with Crippen molar-refractivity contribution >= 4 is 60.9 Å². The summed E-state index contributed by atoms with van der Waals surface area (Å²) in [4.78, 5) is 2.46. The van der Waals surface area contributed by atoms with Crippen molar-refractivity contribution < 1.29 is 8.83 Å². The third kappa shape index (κ3) is 6.15. The Bertz CT molecular complexity index is 4090. The maximum Gasteiger partial charge on any atom is 0.143 e. The summed E-state index contributed by atoms with van der Waals surface area (Å²) in [6.07, 6.45) is 0. The molecular formula is C67H43NO2. The minimum atomic E-state index is -0.539. The summed E-state index contributed by atoms with van der Waals surface area (Å²) in [6, 6.07) is 94.4. The van der Waals surface area contributed by atoms with Gasteiger partial charge in [0.05, 0.1) is 11.1 Å². The van der Waals surface area contributed by atoms with Gasteiger partial charge in [-0.25, -0.2) is 0 Å². The molecule has 0 radical (unpaired) electrons. The Kier molecular flexibility index (Phi) is 9.11. The molecule has 0 saturated heterocycles. The lowest BCUT2D eigenvalue weighted by atomic mass is 9.68. The molecule has 11 aromatic carbocycles. The molecule has 0 saturated carbocycles. The predicted molar refractivity (Wildman–Crippen MR) is 289 cm³/mol. The minimum Gasteiger partial charge on any atom is -0.456 e. The molecule has 2 aromatic heterocycles. The molecule has 13 aromatic rings. The van der Waals surface area contributed by atoms with E-state index in [4.69, 9.17) is 8.83 Å². The fraction of sp³-hybridized carbons (Fsp3) is 0.0149. The average molecular weight is 894 g/mol. The predicted octanol–water partition coefficient (Wildman–Crippen LogP) is 18.3. The summed E-state index contributed by atoms with van der Waals surface area (Å²) in [7, 11) is 0. The lowest BCUT2D eigenvalue weighted by Gasteiger charge is -2.34. The van der Waals surface area contributed by atoms with Gasteiger partial charge in [-0.1, -0.05) is 200 Å². The van der Waals surface area contributed by atoms with Crippen LogP contribution in [0.25, 0.3) is 88.4 Å². The number of hydrogen-bond acceptors (Lipinski definition) is 3. The van der Waals surface area contributed by atoms with Crippen LogP contribution in [0.2, 0.25) is 0 Å². The van der Waals surface area contributed by atoms with E-state index in [9.17, 15) is 0 Å². The summed E-state index contributed by atoms with van der Waals surface area (Å²) in [5.74, 6) is 0. The van der Waals surface area contributed by atoms with Gasteiger partial charge in [0.25, 0.3) is 0 Å². The molecule has 0 unspecified atom stereocenters. The minimum absolute atomic E-state index is 0.539. The van der Waals surface area contributed by atoms with Crippen LogP contribution >= 0.6 is 0 Å². The van der Waals surface area contributed by atoms with Crippen molar-refractivity contribution in [1.29, 1.82) is 0 Å². The number of para-hydroxylation sites is 3. The van der Waals surface area contributed by atoms with Crippen LogP contribution in [0.5, 0.6) is 0 Å².